The molecule has 0 spiro atoms. The molecule has 0 saturated carbocycles. The van der Waals surface area contributed by atoms with Gasteiger partial charge in [0.2, 0.25) is 19.5 Å². The van der Waals surface area contributed by atoms with Crippen LogP contribution in [0.1, 0.15) is 26.7 Å². The van der Waals surface area contributed by atoms with E-state index in [0.717, 1.165) is 12.2 Å². The lowest BCUT2D eigenvalue weighted by Crippen LogP contribution is -2.25. The third kappa shape index (κ3) is 9.02. The maximum atomic E-state index is 11.5. The Hall–Kier alpha value is -0.966. The fourth-order valence-corrected chi connectivity index (χ4v) is 3.06. The van der Waals surface area contributed by atoms with E-state index >= 15 is 0 Å². The van der Waals surface area contributed by atoms with Gasteiger partial charge in [0.1, 0.15) is 11.5 Å². The van der Waals surface area contributed by atoms with Gasteiger partial charge in [-0.25, -0.2) is 9.59 Å². The van der Waals surface area contributed by atoms with E-state index in [4.69, 9.17) is 18.3 Å². The van der Waals surface area contributed by atoms with E-state index in [9.17, 15) is 9.59 Å². The molecule has 0 saturated heterocycles. The molecule has 116 valence electrons. The van der Waals surface area contributed by atoms with Crippen molar-refractivity contribution >= 4 is 31.5 Å². The number of esters is 2. The fourth-order valence-electron chi connectivity index (χ4n) is 1.39. The van der Waals surface area contributed by atoms with Gasteiger partial charge in [-0.15, -0.1) is 0 Å². The summed E-state index contributed by atoms with van der Waals surface area (Å²) < 4.78 is 20.4. The highest BCUT2D eigenvalue weighted by atomic mass is 28.2. The number of hydrogen-bond acceptors (Lipinski definition) is 6. The predicted octanol–water partition coefficient (Wildman–Crippen LogP) is -0.438. The van der Waals surface area contributed by atoms with Gasteiger partial charge in [-0.1, -0.05) is 13.8 Å². The van der Waals surface area contributed by atoms with Crippen LogP contribution in [0.5, 0.6) is 0 Å². The van der Waals surface area contributed by atoms with Crippen LogP contribution in [-0.4, -0.2) is 57.1 Å². The summed E-state index contributed by atoms with van der Waals surface area (Å²) >= 11 is 0. The van der Waals surface area contributed by atoms with Crippen LogP contribution in [0.2, 0.25) is 0 Å². The molecule has 0 aromatic rings. The van der Waals surface area contributed by atoms with Crippen LogP contribution in [0.25, 0.3) is 0 Å². The smallest absolute Gasteiger partial charge is 0.331 e. The molecule has 0 fully saturated rings. The number of carbonyl (C=O) groups is 2. The van der Waals surface area contributed by atoms with Crippen molar-refractivity contribution in [2.45, 2.75) is 38.1 Å². The van der Waals surface area contributed by atoms with E-state index in [0.29, 0.717) is 12.8 Å². The average Bonchev–Trinajstić information content (AvgIpc) is 2.44. The molecule has 20 heavy (non-hydrogen) atoms. The largest absolute Gasteiger partial charge is 0.461 e. The van der Waals surface area contributed by atoms with E-state index in [1.54, 1.807) is 14.2 Å². The molecule has 0 amide bonds. The highest BCUT2D eigenvalue weighted by molar-refractivity contribution is 6.29. The SMILES string of the molecule is CCC(OC(=O)/C=C\C(=O)OC(CC)[SiH2]OC)[SiH2]OC. The van der Waals surface area contributed by atoms with Crippen molar-refractivity contribution in [1.29, 1.82) is 0 Å². The number of carbonyl (C=O) groups excluding carboxylic acids is 2. The van der Waals surface area contributed by atoms with Crippen LogP contribution in [-0.2, 0) is 27.9 Å². The van der Waals surface area contributed by atoms with Crippen molar-refractivity contribution in [3.05, 3.63) is 12.2 Å². The molecule has 0 aromatic carbocycles. The van der Waals surface area contributed by atoms with E-state index in [-0.39, 0.29) is 11.5 Å². The molecule has 8 heteroatoms. The Morgan fingerprint density at radius 1 is 0.900 bits per heavy atom. The van der Waals surface area contributed by atoms with Gasteiger partial charge in [-0.2, -0.15) is 0 Å². The summed E-state index contributed by atoms with van der Waals surface area (Å²) in [4.78, 5) is 23.0. The van der Waals surface area contributed by atoms with Gasteiger partial charge < -0.3 is 18.3 Å². The van der Waals surface area contributed by atoms with Crippen molar-refractivity contribution in [2.24, 2.45) is 0 Å². The Bertz CT molecular complexity index is 291. The standard InChI is InChI=1S/C12H24O6Si2/c1-5-11(19-15-3)17-9(13)7-8-10(14)18-12(6-2)20-16-4/h7-8,11-12H,5-6,19-20H2,1-4H3/b8-7-. The predicted molar refractivity (Wildman–Crippen MR) is 80.6 cm³/mol. The molecular formula is C12H24O6Si2. The van der Waals surface area contributed by atoms with Crippen LogP contribution < -0.4 is 0 Å². The summed E-state index contributed by atoms with van der Waals surface area (Å²) in [6, 6.07) is 0. The van der Waals surface area contributed by atoms with Gasteiger partial charge >= 0.3 is 11.9 Å². The van der Waals surface area contributed by atoms with Gasteiger partial charge in [-0.05, 0) is 12.8 Å². The second-order valence-corrected chi connectivity index (χ2v) is 7.82. The van der Waals surface area contributed by atoms with Gasteiger partial charge in [-0.3, -0.25) is 0 Å². The average molecular weight is 320 g/mol. The van der Waals surface area contributed by atoms with E-state index in [1.165, 1.54) is 0 Å². The summed E-state index contributed by atoms with van der Waals surface area (Å²) in [7, 11) is 1.44. The molecule has 0 aliphatic rings. The van der Waals surface area contributed by atoms with Gasteiger partial charge in [0.25, 0.3) is 0 Å². The van der Waals surface area contributed by atoms with Crippen molar-refractivity contribution in [3.8, 4) is 0 Å². The van der Waals surface area contributed by atoms with E-state index < -0.39 is 31.5 Å². The zero-order valence-electron chi connectivity index (χ0n) is 12.6. The highest BCUT2D eigenvalue weighted by Gasteiger charge is 2.13. The normalized spacial score (nSPS) is 15.2. The summed E-state index contributed by atoms with van der Waals surface area (Å²) in [5, 5.41) is 0. The maximum absolute atomic E-state index is 11.5. The Balaban J connectivity index is 4.19. The van der Waals surface area contributed by atoms with E-state index in [2.05, 4.69) is 0 Å². The monoisotopic (exact) mass is 320 g/mol. The molecule has 0 N–H and O–H groups in total. The first-order chi connectivity index (χ1) is 9.57. The minimum Gasteiger partial charge on any atom is -0.461 e. The number of hydrogen-bond donors (Lipinski definition) is 0. The van der Waals surface area contributed by atoms with Gasteiger partial charge in [0, 0.05) is 26.4 Å². The molecule has 2 atom stereocenters. The Morgan fingerprint density at radius 2 is 1.25 bits per heavy atom. The molecule has 0 aliphatic heterocycles. The van der Waals surface area contributed by atoms with E-state index in [1.807, 2.05) is 13.8 Å². The Morgan fingerprint density at radius 3 is 1.50 bits per heavy atom. The first-order valence-corrected chi connectivity index (χ1v) is 9.43. The number of rotatable bonds is 10. The molecular weight excluding hydrogens is 296 g/mol. The first-order valence-electron chi connectivity index (χ1n) is 6.64. The Kier molecular flexibility index (Phi) is 11.3. The molecule has 0 aliphatic carbocycles. The summed E-state index contributed by atoms with van der Waals surface area (Å²) in [6.45, 7) is 3.84. The maximum Gasteiger partial charge on any atom is 0.331 e. The van der Waals surface area contributed by atoms with Crippen LogP contribution in [0.4, 0.5) is 0 Å². The topological polar surface area (TPSA) is 71.1 Å². The second kappa shape index (κ2) is 11.8. The molecule has 0 radical (unpaired) electrons. The molecule has 6 nitrogen and oxygen atoms in total. The van der Waals surface area contributed by atoms with Crippen LogP contribution in [0.15, 0.2) is 12.2 Å². The zero-order chi connectivity index (χ0) is 15.4. The lowest BCUT2D eigenvalue weighted by molar-refractivity contribution is -0.142. The van der Waals surface area contributed by atoms with Crippen molar-refractivity contribution in [3.63, 3.8) is 0 Å². The molecule has 0 bridgehead atoms. The third-order valence-electron chi connectivity index (χ3n) is 2.54. The summed E-state index contributed by atoms with van der Waals surface area (Å²) in [6.07, 6.45) is 3.61. The number of ether oxygens (including phenoxy) is 2. The van der Waals surface area contributed by atoms with Crippen LogP contribution in [0, 0.1) is 0 Å². The summed E-state index contributed by atoms with van der Waals surface area (Å²) in [5.41, 5.74) is -0.338. The Labute approximate surface area is 124 Å². The van der Waals surface area contributed by atoms with Gasteiger partial charge in [0.15, 0.2) is 0 Å². The third-order valence-corrected chi connectivity index (χ3v) is 5.44. The highest BCUT2D eigenvalue weighted by Crippen LogP contribution is 2.00. The quantitative estimate of drug-likeness (QED) is 0.309. The molecule has 2 unspecified atom stereocenters. The minimum atomic E-state index is -0.876. The molecule has 0 aromatic heterocycles. The molecule has 0 rings (SSSR count). The van der Waals surface area contributed by atoms with Crippen molar-refractivity contribution in [1.82, 2.24) is 0 Å². The second-order valence-electron chi connectivity index (χ2n) is 4.18. The molecule has 0 heterocycles. The zero-order valence-corrected chi connectivity index (χ0v) is 15.4. The summed E-state index contributed by atoms with van der Waals surface area (Å²) in [5.74, 6) is -1.09. The van der Waals surface area contributed by atoms with Crippen LogP contribution in [0.3, 0.4) is 0 Å². The van der Waals surface area contributed by atoms with Gasteiger partial charge in [0.05, 0.1) is 0 Å². The minimum absolute atomic E-state index is 0.169. The van der Waals surface area contributed by atoms with Crippen molar-refractivity contribution in [2.75, 3.05) is 14.2 Å². The van der Waals surface area contributed by atoms with Crippen LogP contribution >= 0.6 is 0 Å². The lowest BCUT2D eigenvalue weighted by atomic mass is 10.4. The first kappa shape index (κ1) is 19.0. The van der Waals surface area contributed by atoms with Crippen molar-refractivity contribution < 1.29 is 27.9 Å². The fraction of sp³-hybridized carbons (Fsp3) is 0.667. The lowest BCUT2D eigenvalue weighted by Gasteiger charge is -2.13.